The Morgan fingerprint density at radius 1 is 0.683 bits per heavy atom. The van der Waals surface area contributed by atoms with E-state index in [1.807, 2.05) is 109 Å². The van der Waals surface area contributed by atoms with Gasteiger partial charge in [0.25, 0.3) is 0 Å². The molecule has 6 aromatic carbocycles. The van der Waals surface area contributed by atoms with Crippen LogP contribution in [-0.4, -0.2) is 25.4 Å². The first-order valence-electron chi connectivity index (χ1n) is 19.6. The summed E-state index contributed by atoms with van der Waals surface area (Å²) in [6.07, 6.45) is 0.454. The quantitative estimate of drug-likeness (QED) is 0.103. The van der Waals surface area contributed by atoms with Crippen LogP contribution in [0.2, 0.25) is 36.2 Å². The maximum Gasteiger partial charge on any atom is 0.244 e. The van der Waals surface area contributed by atoms with Gasteiger partial charge in [-0.15, -0.1) is 22.7 Å². The lowest BCUT2D eigenvalue weighted by Crippen LogP contribution is -2.20. The van der Waals surface area contributed by atoms with E-state index in [2.05, 4.69) is 31.6 Å². The van der Waals surface area contributed by atoms with Gasteiger partial charge in [0.15, 0.2) is 5.78 Å². The molecule has 3 atom stereocenters. The van der Waals surface area contributed by atoms with Crippen LogP contribution in [0.15, 0.2) is 150 Å². The summed E-state index contributed by atoms with van der Waals surface area (Å²) in [6, 6.07) is 42.9. The van der Waals surface area contributed by atoms with E-state index in [1.165, 1.54) is 11.3 Å². The van der Waals surface area contributed by atoms with Gasteiger partial charge >= 0.3 is 0 Å². The standard InChI is InChI=1S/C27H20ClO3PS.C17H16ClO2PS.C4H12Si/c28-21-12-13-26-23(16-21)24(17-33-26)27(32(30,31)22-8-2-1-3-9-22)25(29)15-18-10-11-19-6-4-5-7-20(19)14-18;1-2-20-21(19,15-6-4-3-5-7-15)11-13-12-22-17-9-8-14(18)10-16(13)17;1-5(2,3)4/h1-14,16-17,27H,15H2,(H,30,31);3-10,12H,2,11H2,1H3;1-4H3. The number of ketones is 1. The Balaban J connectivity index is 0.000000193. The summed E-state index contributed by atoms with van der Waals surface area (Å²) in [4.78, 5) is 25.1. The van der Waals surface area contributed by atoms with Crippen LogP contribution in [0.4, 0.5) is 0 Å². The summed E-state index contributed by atoms with van der Waals surface area (Å²) in [5.41, 5.74) is 1.22. The summed E-state index contributed by atoms with van der Waals surface area (Å²) in [6.45, 7) is 11.6. The molecule has 0 saturated heterocycles. The Morgan fingerprint density at radius 2 is 1.22 bits per heavy atom. The summed E-state index contributed by atoms with van der Waals surface area (Å²) in [5, 5.41) is 10.0. The van der Waals surface area contributed by atoms with E-state index < -0.39 is 28.5 Å². The van der Waals surface area contributed by atoms with Crippen molar-refractivity contribution in [1.82, 2.24) is 0 Å². The van der Waals surface area contributed by atoms with Gasteiger partial charge in [-0.1, -0.05) is 128 Å². The predicted octanol–water partition coefficient (Wildman–Crippen LogP) is 14.8. The normalized spacial score (nSPS) is 14.0. The van der Waals surface area contributed by atoms with E-state index in [9.17, 15) is 18.8 Å². The fraction of sp³-hybridized carbons (Fsp3) is 0.188. The molecular formula is C48H48Cl2O5P2S2Si. The highest BCUT2D eigenvalue weighted by atomic mass is 35.5. The topological polar surface area (TPSA) is 80.7 Å². The maximum atomic E-state index is 13.9. The van der Waals surface area contributed by atoms with Crippen LogP contribution in [0, 0.1) is 0 Å². The van der Waals surface area contributed by atoms with Crippen LogP contribution in [0.1, 0.15) is 29.3 Å². The number of fused-ring (bicyclic) bond motifs is 3. The number of benzene rings is 6. The smallest absolute Gasteiger partial charge is 0.244 e. The van der Waals surface area contributed by atoms with Crippen molar-refractivity contribution in [2.75, 3.05) is 6.61 Å². The molecule has 0 saturated carbocycles. The van der Waals surface area contributed by atoms with E-state index in [4.69, 9.17) is 27.7 Å². The molecular weight excluding hydrogens is 882 g/mol. The third-order valence-corrected chi connectivity index (χ3v) is 16.6. The molecule has 0 fully saturated rings. The average molecular weight is 930 g/mol. The maximum absolute atomic E-state index is 13.9. The Morgan fingerprint density at radius 3 is 1.83 bits per heavy atom. The van der Waals surface area contributed by atoms with Gasteiger partial charge < -0.3 is 9.42 Å². The monoisotopic (exact) mass is 928 g/mol. The fourth-order valence-corrected chi connectivity index (χ4v) is 13.3. The Labute approximate surface area is 371 Å². The van der Waals surface area contributed by atoms with E-state index >= 15 is 0 Å². The molecule has 0 aliphatic carbocycles. The summed E-state index contributed by atoms with van der Waals surface area (Å²) >= 11 is 15.4. The van der Waals surface area contributed by atoms with Crippen LogP contribution < -0.4 is 10.6 Å². The Bertz CT molecular complexity index is 2820. The van der Waals surface area contributed by atoms with Gasteiger partial charge in [-0.2, -0.15) is 0 Å². The first kappa shape index (κ1) is 45.9. The van der Waals surface area contributed by atoms with Gasteiger partial charge in [0.05, 0.1) is 12.8 Å². The van der Waals surface area contributed by atoms with E-state index in [0.717, 1.165) is 47.4 Å². The number of rotatable bonds is 11. The highest BCUT2D eigenvalue weighted by Crippen LogP contribution is 2.57. The number of thiophene rings is 2. The van der Waals surface area contributed by atoms with Crippen molar-refractivity contribution in [2.24, 2.45) is 0 Å². The molecule has 310 valence electrons. The van der Waals surface area contributed by atoms with Crippen LogP contribution >= 0.6 is 60.6 Å². The minimum absolute atomic E-state index is 0.0603. The molecule has 0 radical (unpaired) electrons. The molecule has 1 N–H and O–H groups in total. The van der Waals surface area contributed by atoms with E-state index in [1.54, 1.807) is 53.8 Å². The van der Waals surface area contributed by atoms with Crippen molar-refractivity contribution in [3.8, 4) is 0 Å². The zero-order chi connectivity index (χ0) is 43.1. The van der Waals surface area contributed by atoms with Crippen molar-refractivity contribution in [3.05, 3.63) is 177 Å². The van der Waals surface area contributed by atoms with Crippen molar-refractivity contribution >= 4 is 116 Å². The molecule has 0 bridgehead atoms. The van der Waals surface area contributed by atoms with Crippen LogP contribution in [0.5, 0.6) is 0 Å². The Kier molecular flexibility index (Phi) is 15.3. The second-order valence-corrected chi connectivity index (χ2v) is 29.4. The van der Waals surface area contributed by atoms with Gasteiger partial charge in [-0.25, -0.2) is 0 Å². The Hall–Kier alpha value is -3.65. The molecule has 3 unspecified atom stereocenters. The summed E-state index contributed by atoms with van der Waals surface area (Å²) in [7, 11) is -7.62. The largest absolute Gasteiger partial charge is 0.340 e. The second kappa shape index (κ2) is 20.0. The highest BCUT2D eigenvalue weighted by Gasteiger charge is 2.41. The number of hydrogen-bond donors (Lipinski definition) is 1. The summed E-state index contributed by atoms with van der Waals surface area (Å²) < 4.78 is 35.0. The molecule has 2 heterocycles. The first-order chi connectivity index (χ1) is 28.6. The highest BCUT2D eigenvalue weighted by molar-refractivity contribution is 7.67. The first-order valence-corrected chi connectivity index (χ1v) is 29.6. The summed E-state index contributed by atoms with van der Waals surface area (Å²) in [5.74, 6) is -0.292. The molecule has 60 heavy (non-hydrogen) atoms. The molecule has 0 spiro atoms. The van der Waals surface area contributed by atoms with E-state index in [-0.39, 0.29) is 17.5 Å². The predicted molar refractivity (Wildman–Crippen MR) is 263 cm³/mol. The van der Waals surface area contributed by atoms with Crippen LogP contribution in [-0.2, 0) is 31.0 Å². The zero-order valence-corrected chi connectivity index (χ0v) is 40.1. The zero-order valence-electron chi connectivity index (χ0n) is 34.2. The lowest BCUT2D eigenvalue weighted by Gasteiger charge is -2.23. The van der Waals surface area contributed by atoms with Crippen molar-refractivity contribution in [3.63, 3.8) is 0 Å². The molecule has 2 aromatic heterocycles. The van der Waals surface area contributed by atoms with Gasteiger partial charge in [-0.3, -0.25) is 13.9 Å². The van der Waals surface area contributed by atoms with Gasteiger partial charge in [0.2, 0.25) is 14.7 Å². The average Bonchev–Trinajstić information content (AvgIpc) is 3.81. The molecule has 0 aliphatic rings. The minimum atomic E-state index is -4.09. The van der Waals surface area contributed by atoms with Crippen molar-refractivity contribution in [2.45, 2.75) is 51.4 Å². The SMILES string of the molecule is CCOP(=O)(Cc1csc2ccc(Cl)cc12)c1ccccc1.C[Si](C)(C)C.O=C(Cc1ccc2ccccc2c1)C(c1csc2ccc(Cl)cc12)P(=O)(O)c1ccccc1. The lowest BCUT2D eigenvalue weighted by atomic mass is 9.99. The van der Waals surface area contributed by atoms with Crippen LogP contribution in [0.25, 0.3) is 30.9 Å². The van der Waals surface area contributed by atoms with Gasteiger partial charge in [-0.05, 0) is 117 Å². The molecule has 12 heteroatoms. The molecule has 0 aliphatic heterocycles. The lowest BCUT2D eigenvalue weighted by molar-refractivity contribution is -0.118. The minimum Gasteiger partial charge on any atom is -0.340 e. The molecule has 5 nitrogen and oxygen atoms in total. The van der Waals surface area contributed by atoms with Crippen molar-refractivity contribution < 1.29 is 23.3 Å². The number of carbonyl (C=O) groups excluding carboxylic acids is 1. The number of carbonyl (C=O) groups is 1. The molecule has 8 rings (SSSR count). The third kappa shape index (κ3) is 11.6. The third-order valence-electron chi connectivity index (χ3n) is 9.31. The van der Waals surface area contributed by atoms with Gasteiger partial charge in [0, 0.05) is 44.5 Å². The number of halogens is 2. The second-order valence-electron chi connectivity index (χ2n) is 16.0. The number of hydrogen-bond acceptors (Lipinski definition) is 6. The number of Topliss-reactive ketones (excluding diaryl/α,β-unsaturated/α-hetero) is 1. The van der Waals surface area contributed by atoms with Crippen LogP contribution in [0.3, 0.4) is 0 Å². The van der Waals surface area contributed by atoms with Gasteiger partial charge in [0.1, 0.15) is 5.66 Å². The van der Waals surface area contributed by atoms with E-state index in [0.29, 0.717) is 28.4 Å². The fourth-order valence-electron chi connectivity index (χ4n) is 6.70. The molecule has 8 aromatic rings. The van der Waals surface area contributed by atoms with Crippen molar-refractivity contribution in [1.29, 1.82) is 0 Å². The molecule has 0 amide bonds.